The van der Waals surface area contributed by atoms with E-state index in [1.807, 2.05) is 53.2 Å². The highest BCUT2D eigenvalue weighted by Crippen LogP contribution is 2.21. The molecule has 0 aliphatic carbocycles. The lowest BCUT2D eigenvalue weighted by atomic mass is 9.96. The number of carbonyl (C=O) groups is 1. The first-order chi connectivity index (χ1) is 12.6. The summed E-state index contributed by atoms with van der Waals surface area (Å²) in [6.07, 6.45) is 6.39. The van der Waals surface area contributed by atoms with E-state index in [2.05, 4.69) is 36.3 Å². The van der Waals surface area contributed by atoms with Gasteiger partial charge in [0, 0.05) is 24.5 Å². The molecule has 0 radical (unpaired) electrons. The number of imidazole rings is 1. The predicted octanol–water partition coefficient (Wildman–Crippen LogP) is 4.45. The lowest BCUT2D eigenvalue weighted by Gasteiger charge is -2.21. The molecule has 4 heteroatoms. The van der Waals surface area contributed by atoms with Crippen LogP contribution < -0.4 is 5.32 Å². The van der Waals surface area contributed by atoms with Gasteiger partial charge in [-0.15, -0.1) is 0 Å². The third-order valence-electron chi connectivity index (χ3n) is 4.35. The van der Waals surface area contributed by atoms with Gasteiger partial charge in [-0.3, -0.25) is 4.79 Å². The van der Waals surface area contributed by atoms with E-state index in [1.165, 1.54) is 0 Å². The minimum absolute atomic E-state index is 0.0225. The molecule has 0 bridgehead atoms. The quantitative estimate of drug-likeness (QED) is 0.686. The number of hydrogen-bond acceptors (Lipinski definition) is 2. The number of benzene rings is 2. The summed E-state index contributed by atoms with van der Waals surface area (Å²) in [5.74, 6) is 0.465. The zero-order valence-electron chi connectivity index (χ0n) is 15.3. The maximum absolute atomic E-state index is 12.7. The molecule has 3 aromatic rings. The molecule has 1 atom stereocenters. The van der Waals surface area contributed by atoms with Gasteiger partial charge in [-0.1, -0.05) is 56.3 Å². The number of carbonyl (C=O) groups excluding carboxylic acids is 1. The van der Waals surface area contributed by atoms with Crippen molar-refractivity contribution in [2.24, 2.45) is 5.92 Å². The van der Waals surface area contributed by atoms with Crippen molar-refractivity contribution in [2.45, 2.75) is 32.9 Å². The minimum Gasteiger partial charge on any atom is -0.345 e. The summed E-state index contributed by atoms with van der Waals surface area (Å²) in [5.41, 5.74) is 2.97. The van der Waals surface area contributed by atoms with E-state index < -0.39 is 0 Å². The van der Waals surface area contributed by atoms with Gasteiger partial charge >= 0.3 is 0 Å². The van der Waals surface area contributed by atoms with Gasteiger partial charge in [-0.05, 0) is 35.6 Å². The van der Waals surface area contributed by atoms with E-state index >= 15 is 0 Å². The van der Waals surface area contributed by atoms with Crippen LogP contribution in [0, 0.1) is 5.92 Å². The van der Waals surface area contributed by atoms with Gasteiger partial charge < -0.3 is 9.88 Å². The fourth-order valence-electron chi connectivity index (χ4n) is 3.03. The number of aromatic nitrogens is 2. The third kappa shape index (κ3) is 4.82. The van der Waals surface area contributed by atoms with Crippen molar-refractivity contribution in [1.29, 1.82) is 0 Å². The highest BCUT2D eigenvalue weighted by atomic mass is 16.1. The lowest BCUT2D eigenvalue weighted by molar-refractivity contribution is 0.0932. The fraction of sp³-hybridized carbons (Fsp3) is 0.273. The van der Waals surface area contributed by atoms with Crippen LogP contribution >= 0.6 is 0 Å². The topological polar surface area (TPSA) is 46.9 Å². The summed E-state index contributed by atoms with van der Waals surface area (Å²) in [4.78, 5) is 16.8. The summed E-state index contributed by atoms with van der Waals surface area (Å²) in [5, 5.41) is 3.19. The molecule has 0 saturated heterocycles. The number of hydrogen-bond donors (Lipinski definition) is 1. The fourth-order valence-corrected chi connectivity index (χ4v) is 3.03. The molecule has 1 heterocycles. The molecule has 1 N–H and O–H groups in total. The van der Waals surface area contributed by atoms with Crippen LogP contribution in [-0.4, -0.2) is 15.5 Å². The molecule has 26 heavy (non-hydrogen) atoms. The number of rotatable bonds is 7. The molecular weight excluding hydrogens is 322 g/mol. The molecule has 1 aromatic heterocycles. The predicted molar refractivity (Wildman–Crippen MR) is 104 cm³/mol. The van der Waals surface area contributed by atoms with E-state index in [9.17, 15) is 4.79 Å². The first-order valence-corrected chi connectivity index (χ1v) is 9.02. The average Bonchev–Trinajstić information content (AvgIpc) is 3.15. The maximum Gasteiger partial charge on any atom is 0.251 e. The van der Waals surface area contributed by atoms with Gasteiger partial charge in [0.15, 0.2) is 0 Å². The molecule has 0 fully saturated rings. The number of nitrogens with zero attached hydrogens (tertiary/aromatic N) is 2. The van der Waals surface area contributed by atoms with Crippen LogP contribution in [0.2, 0.25) is 0 Å². The summed E-state index contributed by atoms with van der Waals surface area (Å²) in [6, 6.07) is 18.0. The first-order valence-electron chi connectivity index (χ1n) is 9.02. The van der Waals surface area contributed by atoms with Crippen LogP contribution in [0.4, 0.5) is 0 Å². The Morgan fingerprint density at radius 1 is 1.08 bits per heavy atom. The zero-order chi connectivity index (χ0) is 18.4. The molecule has 2 aromatic carbocycles. The molecule has 0 aliphatic rings. The zero-order valence-corrected chi connectivity index (χ0v) is 15.3. The lowest BCUT2D eigenvalue weighted by Crippen LogP contribution is -2.29. The highest BCUT2D eigenvalue weighted by Gasteiger charge is 2.17. The van der Waals surface area contributed by atoms with Crippen LogP contribution in [-0.2, 0) is 6.54 Å². The summed E-state index contributed by atoms with van der Waals surface area (Å²) >= 11 is 0. The third-order valence-corrected chi connectivity index (χ3v) is 4.35. The second-order valence-electron chi connectivity index (χ2n) is 7.00. The second-order valence-corrected chi connectivity index (χ2v) is 7.00. The second kappa shape index (κ2) is 8.48. The van der Waals surface area contributed by atoms with Gasteiger partial charge in [0.05, 0.1) is 12.4 Å². The molecule has 1 amide bonds. The highest BCUT2D eigenvalue weighted by molar-refractivity contribution is 5.94. The number of nitrogens with one attached hydrogen (secondary N) is 1. The Kier molecular flexibility index (Phi) is 5.84. The van der Waals surface area contributed by atoms with E-state index in [0.717, 1.165) is 24.1 Å². The molecule has 0 saturated carbocycles. The van der Waals surface area contributed by atoms with Crippen molar-refractivity contribution in [3.05, 3.63) is 90.0 Å². The molecule has 134 valence electrons. The summed E-state index contributed by atoms with van der Waals surface area (Å²) in [7, 11) is 0. The van der Waals surface area contributed by atoms with Crippen molar-refractivity contribution in [2.75, 3.05) is 0 Å². The van der Waals surface area contributed by atoms with Crippen LogP contribution in [0.25, 0.3) is 0 Å². The van der Waals surface area contributed by atoms with E-state index in [4.69, 9.17) is 0 Å². The molecule has 4 nitrogen and oxygen atoms in total. The van der Waals surface area contributed by atoms with Crippen molar-refractivity contribution in [3.8, 4) is 0 Å². The van der Waals surface area contributed by atoms with E-state index in [0.29, 0.717) is 11.5 Å². The van der Waals surface area contributed by atoms with Crippen molar-refractivity contribution >= 4 is 5.91 Å². The summed E-state index contributed by atoms with van der Waals surface area (Å²) in [6.45, 7) is 5.10. The van der Waals surface area contributed by atoms with Gasteiger partial charge in [0.25, 0.3) is 5.91 Å². The van der Waals surface area contributed by atoms with Gasteiger partial charge in [0.2, 0.25) is 0 Å². The molecular formula is C22H25N3O. The Hall–Kier alpha value is -2.88. The molecule has 3 rings (SSSR count). The van der Waals surface area contributed by atoms with Crippen LogP contribution in [0.15, 0.2) is 73.3 Å². The van der Waals surface area contributed by atoms with Crippen molar-refractivity contribution < 1.29 is 4.79 Å². The molecule has 0 spiro atoms. The van der Waals surface area contributed by atoms with Crippen molar-refractivity contribution in [3.63, 3.8) is 0 Å². The monoisotopic (exact) mass is 347 g/mol. The standard InChI is InChI=1S/C22H25N3O/c1-17(2)14-21(19-6-4-3-5-7-19)24-22(26)20-10-8-18(9-11-20)15-25-13-12-23-16-25/h3-13,16-17,21H,14-15H2,1-2H3,(H,24,26)/t21-/m0/s1. The first kappa shape index (κ1) is 17.9. The van der Waals surface area contributed by atoms with Crippen LogP contribution in [0.1, 0.15) is 47.8 Å². The normalized spacial score (nSPS) is 12.1. The van der Waals surface area contributed by atoms with Gasteiger partial charge in [-0.2, -0.15) is 0 Å². The molecule has 0 unspecified atom stereocenters. The van der Waals surface area contributed by atoms with Crippen LogP contribution in [0.5, 0.6) is 0 Å². The maximum atomic E-state index is 12.7. The smallest absolute Gasteiger partial charge is 0.251 e. The van der Waals surface area contributed by atoms with E-state index in [-0.39, 0.29) is 11.9 Å². The van der Waals surface area contributed by atoms with E-state index in [1.54, 1.807) is 12.5 Å². The Bertz CT molecular complexity index is 808. The summed E-state index contributed by atoms with van der Waals surface area (Å²) < 4.78 is 2.00. The Labute approximate surface area is 154 Å². The van der Waals surface area contributed by atoms with Crippen molar-refractivity contribution in [1.82, 2.24) is 14.9 Å². The Balaban J connectivity index is 1.69. The largest absolute Gasteiger partial charge is 0.345 e. The Morgan fingerprint density at radius 3 is 2.42 bits per heavy atom. The van der Waals surface area contributed by atoms with Crippen LogP contribution in [0.3, 0.4) is 0 Å². The minimum atomic E-state index is -0.0336. The van der Waals surface area contributed by atoms with Gasteiger partial charge in [-0.25, -0.2) is 4.98 Å². The average molecular weight is 347 g/mol. The SMILES string of the molecule is CC(C)C[C@H](NC(=O)c1ccc(Cn2ccnc2)cc1)c1ccccc1. The molecule has 0 aliphatic heterocycles. The van der Waals surface area contributed by atoms with Gasteiger partial charge in [0.1, 0.15) is 0 Å². The Morgan fingerprint density at radius 2 is 1.81 bits per heavy atom. The number of amides is 1.